The summed E-state index contributed by atoms with van der Waals surface area (Å²) in [6.07, 6.45) is 5.16. The Morgan fingerprint density at radius 3 is 2.50 bits per heavy atom. The van der Waals surface area contributed by atoms with Crippen LogP contribution in [0, 0.1) is 11.3 Å². The van der Waals surface area contributed by atoms with E-state index in [2.05, 4.69) is 17.6 Å². The molecule has 18 heavy (non-hydrogen) atoms. The molecule has 1 unspecified atom stereocenters. The van der Waals surface area contributed by atoms with E-state index in [0.717, 1.165) is 6.54 Å². The van der Waals surface area contributed by atoms with Crippen molar-refractivity contribution >= 4 is 6.03 Å². The SMILES string of the molecule is CCCC1(CNC(=O)NCCC(O)C(C)C)CC1. The van der Waals surface area contributed by atoms with E-state index >= 15 is 0 Å². The second-order valence-corrected chi connectivity index (χ2v) is 5.96. The number of hydrogen-bond acceptors (Lipinski definition) is 2. The largest absolute Gasteiger partial charge is 0.393 e. The van der Waals surface area contributed by atoms with Gasteiger partial charge in [0, 0.05) is 13.1 Å². The number of rotatable bonds is 8. The molecular formula is C14H28N2O2. The van der Waals surface area contributed by atoms with Crippen LogP contribution in [0.5, 0.6) is 0 Å². The minimum atomic E-state index is -0.333. The first kappa shape index (κ1) is 15.3. The normalized spacial score (nSPS) is 18.5. The van der Waals surface area contributed by atoms with Crippen LogP contribution in [-0.4, -0.2) is 30.3 Å². The van der Waals surface area contributed by atoms with Gasteiger partial charge in [-0.15, -0.1) is 0 Å². The fourth-order valence-electron chi connectivity index (χ4n) is 2.22. The maximum atomic E-state index is 11.6. The fraction of sp³-hybridized carbons (Fsp3) is 0.929. The molecule has 3 N–H and O–H groups in total. The quantitative estimate of drug-likeness (QED) is 0.624. The van der Waals surface area contributed by atoms with Crippen LogP contribution < -0.4 is 10.6 Å². The molecule has 1 atom stereocenters. The van der Waals surface area contributed by atoms with Crippen molar-refractivity contribution in [1.29, 1.82) is 0 Å². The van der Waals surface area contributed by atoms with Crippen LogP contribution in [-0.2, 0) is 0 Å². The number of aliphatic hydroxyl groups excluding tert-OH is 1. The van der Waals surface area contributed by atoms with Crippen molar-refractivity contribution in [1.82, 2.24) is 10.6 Å². The summed E-state index contributed by atoms with van der Waals surface area (Å²) in [4.78, 5) is 11.6. The molecule has 1 aliphatic carbocycles. The average Bonchev–Trinajstić information content (AvgIpc) is 3.07. The van der Waals surface area contributed by atoms with E-state index in [4.69, 9.17) is 0 Å². The Bertz CT molecular complexity index is 263. The highest BCUT2D eigenvalue weighted by Crippen LogP contribution is 2.48. The van der Waals surface area contributed by atoms with Crippen LogP contribution >= 0.6 is 0 Å². The van der Waals surface area contributed by atoms with E-state index in [1.165, 1.54) is 25.7 Å². The second kappa shape index (κ2) is 6.98. The van der Waals surface area contributed by atoms with Crippen LogP contribution in [0.1, 0.15) is 52.9 Å². The fourth-order valence-corrected chi connectivity index (χ4v) is 2.22. The van der Waals surface area contributed by atoms with Crippen molar-refractivity contribution in [3.63, 3.8) is 0 Å². The molecule has 0 aromatic rings. The summed E-state index contributed by atoms with van der Waals surface area (Å²) in [6.45, 7) is 7.47. The molecular weight excluding hydrogens is 228 g/mol. The van der Waals surface area contributed by atoms with Gasteiger partial charge in [0.05, 0.1) is 6.10 Å². The highest BCUT2D eigenvalue weighted by Gasteiger charge is 2.41. The topological polar surface area (TPSA) is 61.4 Å². The molecule has 0 radical (unpaired) electrons. The summed E-state index contributed by atoms with van der Waals surface area (Å²) >= 11 is 0. The molecule has 4 heteroatoms. The number of carbonyl (C=O) groups excluding carboxylic acids is 1. The van der Waals surface area contributed by atoms with Crippen molar-refractivity contribution in [2.24, 2.45) is 11.3 Å². The summed E-state index contributed by atoms with van der Waals surface area (Å²) in [7, 11) is 0. The van der Waals surface area contributed by atoms with Crippen molar-refractivity contribution in [2.75, 3.05) is 13.1 Å². The van der Waals surface area contributed by atoms with Gasteiger partial charge in [0.2, 0.25) is 0 Å². The van der Waals surface area contributed by atoms with E-state index in [9.17, 15) is 9.90 Å². The summed E-state index contributed by atoms with van der Waals surface area (Å²) in [5, 5.41) is 15.3. The summed E-state index contributed by atoms with van der Waals surface area (Å²) < 4.78 is 0. The van der Waals surface area contributed by atoms with Crippen LogP contribution in [0.15, 0.2) is 0 Å². The van der Waals surface area contributed by atoms with Gasteiger partial charge in [-0.25, -0.2) is 4.79 Å². The Hall–Kier alpha value is -0.770. The van der Waals surface area contributed by atoms with E-state index < -0.39 is 0 Å². The Labute approximate surface area is 111 Å². The van der Waals surface area contributed by atoms with Crippen LogP contribution in [0.2, 0.25) is 0 Å². The molecule has 1 saturated carbocycles. The number of nitrogens with one attached hydrogen (secondary N) is 2. The third kappa shape index (κ3) is 5.25. The minimum Gasteiger partial charge on any atom is -0.393 e. The zero-order chi connectivity index (χ0) is 13.6. The molecule has 1 aliphatic rings. The number of amides is 2. The van der Waals surface area contributed by atoms with Gasteiger partial charge in [0.1, 0.15) is 0 Å². The molecule has 0 saturated heterocycles. The van der Waals surface area contributed by atoms with E-state index in [0.29, 0.717) is 18.4 Å². The number of hydrogen-bond donors (Lipinski definition) is 3. The molecule has 0 heterocycles. The summed E-state index contributed by atoms with van der Waals surface area (Å²) in [6, 6.07) is -0.103. The third-order valence-electron chi connectivity index (χ3n) is 3.86. The summed E-state index contributed by atoms with van der Waals surface area (Å²) in [5.74, 6) is 0.245. The van der Waals surface area contributed by atoms with Gasteiger partial charge in [0.25, 0.3) is 0 Å². The number of carbonyl (C=O) groups is 1. The predicted octanol–water partition coefficient (Wildman–Crippen LogP) is 2.27. The lowest BCUT2D eigenvalue weighted by Gasteiger charge is -2.17. The third-order valence-corrected chi connectivity index (χ3v) is 3.86. The standard InChI is InChI=1S/C14H28N2O2/c1-4-6-14(7-8-14)10-16-13(18)15-9-5-12(17)11(2)3/h11-12,17H,4-10H2,1-3H3,(H2,15,16,18). The molecule has 0 aromatic carbocycles. The predicted molar refractivity (Wildman–Crippen MR) is 73.4 cm³/mol. The molecule has 106 valence electrons. The maximum Gasteiger partial charge on any atom is 0.314 e. The molecule has 0 aromatic heterocycles. The van der Waals surface area contributed by atoms with Gasteiger partial charge in [-0.05, 0) is 37.0 Å². The van der Waals surface area contributed by atoms with Gasteiger partial charge in [-0.2, -0.15) is 0 Å². The van der Waals surface area contributed by atoms with Crippen LogP contribution in [0.25, 0.3) is 0 Å². The highest BCUT2D eigenvalue weighted by molar-refractivity contribution is 5.73. The van der Waals surface area contributed by atoms with E-state index in [1.54, 1.807) is 0 Å². The Morgan fingerprint density at radius 2 is 2.00 bits per heavy atom. The second-order valence-electron chi connectivity index (χ2n) is 5.96. The minimum absolute atomic E-state index is 0.103. The van der Waals surface area contributed by atoms with E-state index in [1.807, 2.05) is 13.8 Å². The molecule has 2 amide bonds. The number of aliphatic hydroxyl groups is 1. The van der Waals surface area contributed by atoms with Gasteiger partial charge >= 0.3 is 6.03 Å². The maximum absolute atomic E-state index is 11.6. The van der Waals surface area contributed by atoms with E-state index in [-0.39, 0.29) is 18.1 Å². The Kier molecular flexibility index (Phi) is 5.93. The van der Waals surface area contributed by atoms with Crippen molar-refractivity contribution < 1.29 is 9.90 Å². The Morgan fingerprint density at radius 1 is 1.33 bits per heavy atom. The van der Waals surface area contributed by atoms with Gasteiger partial charge < -0.3 is 15.7 Å². The molecule has 0 bridgehead atoms. The van der Waals surface area contributed by atoms with Gasteiger partial charge in [-0.1, -0.05) is 27.2 Å². The first-order valence-corrected chi connectivity index (χ1v) is 7.19. The first-order chi connectivity index (χ1) is 8.49. The number of urea groups is 1. The summed E-state index contributed by atoms with van der Waals surface area (Å²) in [5.41, 5.74) is 0.392. The lowest BCUT2D eigenvalue weighted by molar-refractivity contribution is 0.116. The monoisotopic (exact) mass is 256 g/mol. The molecule has 4 nitrogen and oxygen atoms in total. The molecule has 1 rings (SSSR count). The zero-order valence-electron chi connectivity index (χ0n) is 12.0. The molecule has 0 aliphatic heterocycles. The van der Waals surface area contributed by atoms with Gasteiger partial charge in [-0.3, -0.25) is 0 Å². The first-order valence-electron chi connectivity index (χ1n) is 7.19. The van der Waals surface area contributed by atoms with Crippen molar-refractivity contribution in [2.45, 2.75) is 59.0 Å². The lowest BCUT2D eigenvalue weighted by Crippen LogP contribution is -2.40. The van der Waals surface area contributed by atoms with Crippen LogP contribution in [0.3, 0.4) is 0 Å². The average molecular weight is 256 g/mol. The Balaban J connectivity index is 2.07. The highest BCUT2D eigenvalue weighted by atomic mass is 16.3. The van der Waals surface area contributed by atoms with Crippen LogP contribution in [0.4, 0.5) is 4.79 Å². The molecule has 0 spiro atoms. The lowest BCUT2D eigenvalue weighted by atomic mass is 10.0. The smallest absolute Gasteiger partial charge is 0.314 e. The molecule has 1 fully saturated rings. The van der Waals surface area contributed by atoms with Crippen molar-refractivity contribution in [3.05, 3.63) is 0 Å². The van der Waals surface area contributed by atoms with Gasteiger partial charge in [0.15, 0.2) is 0 Å². The van der Waals surface area contributed by atoms with Crippen molar-refractivity contribution in [3.8, 4) is 0 Å². The zero-order valence-corrected chi connectivity index (χ0v) is 12.0.